The number of benzene rings is 1. The third-order valence-electron chi connectivity index (χ3n) is 3.87. The van der Waals surface area contributed by atoms with Gasteiger partial charge in [0.05, 0.1) is 17.0 Å². The first kappa shape index (κ1) is 14.8. The number of sulfone groups is 1. The summed E-state index contributed by atoms with van der Waals surface area (Å²) in [6.45, 7) is 0. The highest BCUT2D eigenvalue weighted by Gasteiger charge is 2.29. The Morgan fingerprint density at radius 3 is 2.95 bits per heavy atom. The zero-order valence-corrected chi connectivity index (χ0v) is 13.0. The minimum atomic E-state index is -3.04. The topological polar surface area (TPSA) is 52.0 Å². The highest BCUT2D eigenvalue weighted by atomic mass is 35.5. The van der Waals surface area contributed by atoms with E-state index in [9.17, 15) is 12.8 Å². The van der Waals surface area contributed by atoms with Gasteiger partial charge in [-0.15, -0.1) is 11.6 Å². The lowest BCUT2D eigenvalue weighted by Gasteiger charge is -2.25. The molecule has 2 heterocycles. The summed E-state index contributed by atoms with van der Waals surface area (Å²) in [5.74, 6) is 0.956. The number of para-hydroxylation sites is 1. The van der Waals surface area contributed by atoms with Crippen molar-refractivity contribution >= 4 is 32.5 Å². The number of aromatic nitrogens is 2. The Labute approximate surface area is 127 Å². The van der Waals surface area contributed by atoms with Crippen LogP contribution in [0.25, 0.3) is 11.0 Å². The Balaban J connectivity index is 2.15. The van der Waals surface area contributed by atoms with E-state index in [1.54, 1.807) is 12.1 Å². The van der Waals surface area contributed by atoms with E-state index in [0.717, 1.165) is 6.42 Å². The number of halogens is 2. The number of nitrogens with zero attached hydrogens (tertiary/aromatic N) is 2. The Morgan fingerprint density at radius 2 is 2.24 bits per heavy atom. The van der Waals surface area contributed by atoms with Crippen LogP contribution in [0.15, 0.2) is 18.2 Å². The SMILES string of the molecule is O=S1(=O)CCCC(n2c(CCCl)nc3c(F)cccc32)C1. The second-order valence-electron chi connectivity index (χ2n) is 5.35. The Hall–Kier alpha value is -1.14. The lowest BCUT2D eigenvalue weighted by atomic mass is 10.1. The minimum Gasteiger partial charge on any atom is -0.324 e. The molecule has 0 N–H and O–H groups in total. The smallest absolute Gasteiger partial charge is 0.152 e. The second-order valence-corrected chi connectivity index (χ2v) is 7.96. The van der Waals surface area contributed by atoms with E-state index in [1.807, 2.05) is 4.57 Å². The van der Waals surface area contributed by atoms with Crippen LogP contribution >= 0.6 is 11.6 Å². The summed E-state index contributed by atoms with van der Waals surface area (Å²) in [5, 5.41) is 0. The van der Waals surface area contributed by atoms with Crippen LogP contribution in [0.3, 0.4) is 0 Å². The number of alkyl halides is 1. The van der Waals surface area contributed by atoms with Crippen LogP contribution in [0.1, 0.15) is 24.7 Å². The molecule has 2 aromatic rings. The summed E-state index contributed by atoms with van der Waals surface area (Å²) in [6.07, 6.45) is 1.88. The highest BCUT2D eigenvalue weighted by Crippen LogP contribution is 2.30. The summed E-state index contributed by atoms with van der Waals surface area (Å²) >= 11 is 5.81. The van der Waals surface area contributed by atoms with Gasteiger partial charge in [0, 0.05) is 18.3 Å². The molecule has 4 nitrogen and oxygen atoms in total. The first-order valence-electron chi connectivity index (χ1n) is 6.93. The maximum Gasteiger partial charge on any atom is 0.152 e. The van der Waals surface area contributed by atoms with Gasteiger partial charge < -0.3 is 4.57 Å². The van der Waals surface area contributed by atoms with Gasteiger partial charge in [0.15, 0.2) is 15.7 Å². The zero-order chi connectivity index (χ0) is 15.0. The maximum absolute atomic E-state index is 13.9. The van der Waals surface area contributed by atoms with Gasteiger partial charge in [0.1, 0.15) is 11.3 Å². The van der Waals surface area contributed by atoms with E-state index < -0.39 is 9.84 Å². The molecule has 1 saturated heterocycles. The van der Waals surface area contributed by atoms with Crippen LogP contribution in [0.5, 0.6) is 0 Å². The summed E-state index contributed by atoms with van der Waals surface area (Å²) in [5.41, 5.74) is 0.942. The third kappa shape index (κ3) is 2.79. The van der Waals surface area contributed by atoms with E-state index in [-0.39, 0.29) is 23.4 Å². The molecule has 1 aliphatic heterocycles. The fourth-order valence-electron chi connectivity index (χ4n) is 3.00. The largest absolute Gasteiger partial charge is 0.324 e. The molecule has 114 valence electrons. The number of hydrogen-bond donors (Lipinski definition) is 0. The van der Waals surface area contributed by atoms with Gasteiger partial charge in [-0.1, -0.05) is 6.07 Å². The van der Waals surface area contributed by atoms with Crippen LogP contribution in [-0.4, -0.2) is 35.4 Å². The Bertz CT molecular complexity index is 773. The number of rotatable bonds is 3. The predicted octanol–water partition coefficient (Wildman–Crippen LogP) is 2.71. The van der Waals surface area contributed by atoms with Gasteiger partial charge in [-0.2, -0.15) is 0 Å². The summed E-state index contributed by atoms with van der Waals surface area (Å²) in [4.78, 5) is 4.33. The monoisotopic (exact) mass is 330 g/mol. The van der Waals surface area contributed by atoms with Crippen molar-refractivity contribution in [1.82, 2.24) is 9.55 Å². The fraction of sp³-hybridized carbons (Fsp3) is 0.500. The zero-order valence-electron chi connectivity index (χ0n) is 11.4. The van der Waals surface area contributed by atoms with Gasteiger partial charge in [-0.25, -0.2) is 17.8 Å². The maximum atomic E-state index is 13.9. The van der Waals surface area contributed by atoms with Gasteiger partial charge in [0.25, 0.3) is 0 Å². The normalized spacial score (nSPS) is 21.7. The first-order chi connectivity index (χ1) is 10.0. The predicted molar refractivity (Wildman–Crippen MR) is 81.0 cm³/mol. The molecule has 1 fully saturated rings. The van der Waals surface area contributed by atoms with Crippen molar-refractivity contribution in [1.29, 1.82) is 0 Å². The van der Waals surface area contributed by atoms with Crippen LogP contribution in [-0.2, 0) is 16.3 Å². The van der Waals surface area contributed by atoms with Gasteiger partial charge in [0.2, 0.25) is 0 Å². The van der Waals surface area contributed by atoms with Crippen molar-refractivity contribution in [3.05, 3.63) is 29.8 Å². The van der Waals surface area contributed by atoms with E-state index in [4.69, 9.17) is 11.6 Å². The Morgan fingerprint density at radius 1 is 1.43 bits per heavy atom. The molecular formula is C14H16ClFN2O2S. The molecule has 0 aliphatic carbocycles. The third-order valence-corrected chi connectivity index (χ3v) is 5.86. The summed E-state index contributed by atoms with van der Waals surface area (Å²) in [7, 11) is -3.04. The molecule has 1 aromatic carbocycles. The van der Waals surface area contributed by atoms with Crippen LogP contribution in [0.4, 0.5) is 4.39 Å². The van der Waals surface area contributed by atoms with Crippen LogP contribution < -0.4 is 0 Å². The van der Waals surface area contributed by atoms with Crippen LogP contribution in [0, 0.1) is 5.82 Å². The van der Waals surface area contributed by atoms with Gasteiger partial charge in [-0.3, -0.25) is 0 Å². The van der Waals surface area contributed by atoms with Crippen molar-refractivity contribution in [2.45, 2.75) is 25.3 Å². The average molecular weight is 331 g/mol. The number of hydrogen-bond acceptors (Lipinski definition) is 3. The van der Waals surface area contributed by atoms with Crippen molar-refractivity contribution < 1.29 is 12.8 Å². The molecule has 0 spiro atoms. The lowest BCUT2D eigenvalue weighted by Crippen LogP contribution is -2.28. The molecule has 1 aliphatic rings. The molecular weight excluding hydrogens is 315 g/mol. The second kappa shape index (κ2) is 5.57. The average Bonchev–Trinajstić information content (AvgIpc) is 2.78. The first-order valence-corrected chi connectivity index (χ1v) is 9.29. The minimum absolute atomic E-state index is 0.0876. The fourth-order valence-corrected chi connectivity index (χ4v) is 4.85. The van der Waals surface area contributed by atoms with Crippen molar-refractivity contribution in [3.63, 3.8) is 0 Å². The van der Waals surface area contributed by atoms with Gasteiger partial charge >= 0.3 is 0 Å². The van der Waals surface area contributed by atoms with Gasteiger partial charge in [-0.05, 0) is 25.0 Å². The highest BCUT2D eigenvalue weighted by molar-refractivity contribution is 7.91. The van der Waals surface area contributed by atoms with E-state index >= 15 is 0 Å². The van der Waals surface area contributed by atoms with Crippen molar-refractivity contribution in [2.75, 3.05) is 17.4 Å². The molecule has 1 unspecified atom stereocenters. The van der Waals surface area contributed by atoms with Crippen LogP contribution in [0.2, 0.25) is 0 Å². The molecule has 0 amide bonds. The molecule has 7 heteroatoms. The standard InChI is InChI=1S/C14H16ClFN2O2S/c15-7-6-13-17-14-11(16)4-1-5-12(14)18(13)10-3-2-8-21(19,20)9-10/h1,4-5,10H,2-3,6-9H2. The van der Waals surface area contributed by atoms with E-state index in [2.05, 4.69) is 4.98 Å². The molecule has 0 saturated carbocycles. The molecule has 0 bridgehead atoms. The summed E-state index contributed by atoms with van der Waals surface area (Å²) in [6, 6.07) is 4.58. The van der Waals surface area contributed by atoms with E-state index in [0.29, 0.717) is 35.6 Å². The molecule has 0 radical (unpaired) electrons. The number of imidazole rings is 1. The summed E-state index contributed by atoms with van der Waals surface area (Å²) < 4.78 is 39.6. The molecule has 1 aromatic heterocycles. The molecule has 3 rings (SSSR count). The number of aryl methyl sites for hydroxylation is 1. The Kier molecular flexibility index (Phi) is 3.92. The van der Waals surface area contributed by atoms with E-state index in [1.165, 1.54) is 6.07 Å². The number of fused-ring (bicyclic) bond motifs is 1. The van der Waals surface area contributed by atoms with Crippen molar-refractivity contribution in [3.8, 4) is 0 Å². The molecule has 21 heavy (non-hydrogen) atoms. The quantitative estimate of drug-likeness (QED) is 0.813. The van der Waals surface area contributed by atoms with Crippen molar-refractivity contribution in [2.24, 2.45) is 0 Å². The molecule has 1 atom stereocenters. The lowest BCUT2D eigenvalue weighted by molar-refractivity contribution is 0.468.